The minimum absolute atomic E-state index is 0.0394. The van der Waals surface area contributed by atoms with Crippen LogP contribution < -0.4 is 11.1 Å². The normalized spacial score (nSPS) is 17.1. The van der Waals surface area contributed by atoms with E-state index in [0.717, 1.165) is 36.9 Å². The van der Waals surface area contributed by atoms with Crippen molar-refractivity contribution in [2.75, 3.05) is 0 Å². The quantitative estimate of drug-likeness (QED) is 0.908. The smallest absolute Gasteiger partial charge is 0.240 e. The maximum Gasteiger partial charge on any atom is 0.240 e. The van der Waals surface area contributed by atoms with Gasteiger partial charge in [0.2, 0.25) is 5.91 Å². The molecule has 1 saturated carbocycles. The molecule has 0 spiro atoms. The number of hydrogen-bond donors (Lipinski definition) is 2. The first kappa shape index (κ1) is 14.8. The standard InChI is InChI=1S/C17H22N4O/c18-17(9-4-1-5-10-17)16(22)19-13-14-7-2-3-8-15(14)21-12-6-11-20-21/h2-3,6-8,11-12H,1,4-5,9-10,13,18H2,(H,19,22). The molecule has 0 bridgehead atoms. The van der Waals surface area contributed by atoms with Crippen LogP contribution in [0.1, 0.15) is 37.7 Å². The molecule has 5 heteroatoms. The summed E-state index contributed by atoms with van der Waals surface area (Å²) in [6, 6.07) is 9.81. The Morgan fingerprint density at radius 3 is 2.73 bits per heavy atom. The maximum atomic E-state index is 12.4. The van der Waals surface area contributed by atoms with Crippen LogP contribution in [-0.4, -0.2) is 21.2 Å². The zero-order chi connectivity index (χ0) is 15.4. The molecule has 3 N–H and O–H groups in total. The van der Waals surface area contributed by atoms with Gasteiger partial charge in [0.25, 0.3) is 0 Å². The van der Waals surface area contributed by atoms with Crippen LogP contribution in [0.3, 0.4) is 0 Å². The van der Waals surface area contributed by atoms with Gasteiger partial charge in [-0.2, -0.15) is 5.10 Å². The summed E-state index contributed by atoms with van der Waals surface area (Å²) in [4.78, 5) is 12.4. The first-order chi connectivity index (χ1) is 10.7. The molecule has 1 aliphatic carbocycles. The Morgan fingerprint density at radius 1 is 1.23 bits per heavy atom. The summed E-state index contributed by atoms with van der Waals surface area (Å²) in [5.41, 5.74) is 7.58. The summed E-state index contributed by atoms with van der Waals surface area (Å²) < 4.78 is 1.81. The van der Waals surface area contributed by atoms with Crippen LogP contribution in [0.5, 0.6) is 0 Å². The van der Waals surface area contributed by atoms with Gasteiger partial charge in [0.15, 0.2) is 0 Å². The Morgan fingerprint density at radius 2 is 2.00 bits per heavy atom. The second-order valence-corrected chi connectivity index (χ2v) is 5.98. The number of aromatic nitrogens is 2. The summed E-state index contributed by atoms with van der Waals surface area (Å²) in [5, 5.41) is 7.26. The number of nitrogens with zero attached hydrogens (tertiary/aromatic N) is 2. The molecule has 22 heavy (non-hydrogen) atoms. The van der Waals surface area contributed by atoms with E-state index in [2.05, 4.69) is 10.4 Å². The Kier molecular flexibility index (Phi) is 4.24. The molecule has 0 unspecified atom stereocenters. The number of rotatable bonds is 4. The van der Waals surface area contributed by atoms with Gasteiger partial charge in [0, 0.05) is 18.9 Å². The molecule has 0 aliphatic heterocycles. The second kappa shape index (κ2) is 6.32. The van der Waals surface area contributed by atoms with E-state index in [1.807, 2.05) is 36.5 Å². The first-order valence-corrected chi connectivity index (χ1v) is 7.84. The lowest BCUT2D eigenvalue weighted by molar-refractivity contribution is -0.127. The van der Waals surface area contributed by atoms with E-state index in [4.69, 9.17) is 5.73 Å². The molecule has 1 amide bonds. The lowest BCUT2D eigenvalue weighted by atomic mass is 9.82. The van der Waals surface area contributed by atoms with Crippen molar-refractivity contribution in [2.24, 2.45) is 5.73 Å². The Labute approximate surface area is 130 Å². The highest BCUT2D eigenvalue weighted by molar-refractivity contribution is 5.86. The van der Waals surface area contributed by atoms with Crippen molar-refractivity contribution in [3.8, 4) is 5.69 Å². The molecular formula is C17H22N4O. The lowest BCUT2D eigenvalue weighted by Crippen LogP contribution is -2.54. The van der Waals surface area contributed by atoms with E-state index in [-0.39, 0.29) is 5.91 Å². The van der Waals surface area contributed by atoms with E-state index < -0.39 is 5.54 Å². The van der Waals surface area contributed by atoms with E-state index >= 15 is 0 Å². The van der Waals surface area contributed by atoms with Gasteiger partial charge in [-0.25, -0.2) is 4.68 Å². The molecule has 0 saturated heterocycles. The molecule has 116 valence electrons. The van der Waals surface area contributed by atoms with Crippen molar-refractivity contribution in [3.63, 3.8) is 0 Å². The molecule has 1 heterocycles. The van der Waals surface area contributed by atoms with E-state index in [1.54, 1.807) is 10.9 Å². The molecule has 3 rings (SSSR count). The zero-order valence-corrected chi connectivity index (χ0v) is 12.7. The number of hydrogen-bond acceptors (Lipinski definition) is 3. The third-order valence-electron chi connectivity index (χ3n) is 4.38. The van der Waals surface area contributed by atoms with Crippen LogP contribution in [0.4, 0.5) is 0 Å². The van der Waals surface area contributed by atoms with Gasteiger partial charge in [-0.3, -0.25) is 4.79 Å². The summed E-state index contributed by atoms with van der Waals surface area (Å²) >= 11 is 0. The fourth-order valence-electron chi connectivity index (χ4n) is 3.06. The fraction of sp³-hybridized carbons (Fsp3) is 0.412. The molecule has 1 fully saturated rings. The van der Waals surface area contributed by atoms with Gasteiger partial charge in [0.1, 0.15) is 0 Å². The molecule has 0 atom stereocenters. The van der Waals surface area contributed by atoms with Crippen molar-refractivity contribution in [3.05, 3.63) is 48.3 Å². The number of amides is 1. The van der Waals surface area contributed by atoms with Crippen LogP contribution >= 0.6 is 0 Å². The SMILES string of the molecule is NC1(C(=O)NCc2ccccc2-n2cccn2)CCCCC1. The van der Waals surface area contributed by atoms with Crippen LogP contribution in [0.15, 0.2) is 42.7 Å². The van der Waals surface area contributed by atoms with Gasteiger partial charge < -0.3 is 11.1 Å². The van der Waals surface area contributed by atoms with Crippen molar-refractivity contribution in [1.29, 1.82) is 0 Å². The number of nitrogens with one attached hydrogen (secondary N) is 1. The monoisotopic (exact) mass is 298 g/mol. The first-order valence-electron chi connectivity index (χ1n) is 7.84. The number of nitrogens with two attached hydrogens (primary N) is 1. The summed E-state index contributed by atoms with van der Waals surface area (Å²) in [6.07, 6.45) is 8.44. The van der Waals surface area contributed by atoms with E-state index in [9.17, 15) is 4.79 Å². The minimum Gasteiger partial charge on any atom is -0.350 e. The fourth-order valence-corrected chi connectivity index (χ4v) is 3.06. The topological polar surface area (TPSA) is 72.9 Å². The predicted octanol–water partition coefficient (Wildman–Crippen LogP) is 2.15. The highest BCUT2D eigenvalue weighted by Crippen LogP contribution is 2.26. The highest BCUT2D eigenvalue weighted by Gasteiger charge is 2.34. The largest absolute Gasteiger partial charge is 0.350 e. The Bertz CT molecular complexity index is 630. The number of carbonyl (C=O) groups excluding carboxylic acids is 1. The van der Waals surface area contributed by atoms with Crippen LogP contribution in [0, 0.1) is 0 Å². The number of carbonyl (C=O) groups is 1. The van der Waals surface area contributed by atoms with Gasteiger partial charge in [-0.15, -0.1) is 0 Å². The Hall–Kier alpha value is -2.14. The van der Waals surface area contributed by atoms with Crippen LogP contribution in [-0.2, 0) is 11.3 Å². The van der Waals surface area contributed by atoms with Crippen molar-refractivity contribution in [2.45, 2.75) is 44.2 Å². The minimum atomic E-state index is -0.696. The van der Waals surface area contributed by atoms with Crippen molar-refractivity contribution >= 4 is 5.91 Å². The number of benzene rings is 1. The van der Waals surface area contributed by atoms with Gasteiger partial charge in [-0.05, 0) is 30.5 Å². The van der Waals surface area contributed by atoms with Gasteiger partial charge >= 0.3 is 0 Å². The lowest BCUT2D eigenvalue weighted by Gasteiger charge is -2.31. The van der Waals surface area contributed by atoms with Crippen LogP contribution in [0.2, 0.25) is 0 Å². The van der Waals surface area contributed by atoms with Crippen LogP contribution in [0.25, 0.3) is 5.69 Å². The summed E-state index contributed by atoms with van der Waals surface area (Å²) in [5.74, 6) is -0.0394. The average Bonchev–Trinajstić information content (AvgIpc) is 3.08. The molecule has 1 aromatic carbocycles. The summed E-state index contributed by atoms with van der Waals surface area (Å²) in [7, 11) is 0. The highest BCUT2D eigenvalue weighted by atomic mass is 16.2. The average molecular weight is 298 g/mol. The second-order valence-electron chi connectivity index (χ2n) is 5.98. The van der Waals surface area contributed by atoms with Gasteiger partial charge in [-0.1, -0.05) is 37.5 Å². The maximum absolute atomic E-state index is 12.4. The van der Waals surface area contributed by atoms with E-state index in [0.29, 0.717) is 6.54 Å². The predicted molar refractivity (Wildman–Crippen MR) is 85.4 cm³/mol. The molecule has 1 aromatic heterocycles. The molecule has 0 radical (unpaired) electrons. The summed E-state index contributed by atoms with van der Waals surface area (Å²) in [6.45, 7) is 0.466. The zero-order valence-electron chi connectivity index (χ0n) is 12.7. The molecule has 5 nitrogen and oxygen atoms in total. The third-order valence-corrected chi connectivity index (χ3v) is 4.38. The molecule has 2 aromatic rings. The van der Waals surface area contributed by atoms with Crippen molar-refractivity contribution in [1.82, 2.24) is 15.1 Å². The van der Waals surface area contributed by atoms with Gasteiger partial charge in [0.05, 0.1) is 11.2 Å². The molecular weight excluding hydrogens is 276 g/mol. The molecule has 1 aliphatic rings. The number of para-hydroxylation sites is 1. The third kappa shape index (κ3) is 3.04. The Balaban J connectivity index is 1.70. The van der Waals surface area contributed by atoms with E-state index in [1.165, 1.54) is 6.42 Å². The van der Waals surface area contributed by atoms with Crippen molar-refractivity contribution < 1.29 is 4.79 Å².